The van der Waals surface area contributed by atoms with Crippen molar-refractivity contribution in [2.24, 2.45) is 5.41 Å². The van der Waals surface area contributed by atoms with Crippen molar-refractivity contribution in [3.05, 3.63) is 5.82 Å². The van der Waals surface area contributed by atoms with E-state index in [4.69, 9.17) is 0 Å². The predicted octanol–water partition coefficient (Wildman–Crippen LogP) is 2.93. The summed E-state index contributed by atoms with van der Waals surface area (Å²) in [5, 5.41) is 3.91. The van der Waals surface area contributed by atoms with E-state index in [0.29, 0.717) is 19.1 Å². The fourth-order valence-electron chi connectivity index (χ4n) is 1.70. The van der Waals surface area contributed by atoms with Gasteiger partial charge in [-0.05, 0) is 32.6 Å². The molecule has 1 aliphatic rings. The lowest BCUT2D eigenvalue weighted by molar-refractivity contribution is -0.139. The largest absolute Gasteiger partial charge is 0.408 e. The lowest BCUT2D eigenvalue weighted by atomic mass is 10.1. The molecule has 1 fully saturated rings. The molecule has 148 valence electrons. The Kier molecular flexibility index (Phi) is 5.53. The monoisotopic (exact) mass is 395 g/mol. The maximum atomic E-state index is 12.7. The molecule has 27 heavy (non-hydrogen) atoms. The molecule has 1 aliphatic carbocycles. The molecule has 1 aromatic heterocycles. The number of halogens is 6. The molecule has 1 saturated carbocycles. The number of hydrogen-bond donors (Lipinski definition) is 2. The summed E-state index contributed by atoms with van der Waals surface area (Å²) in [5.41, 5.74) is -0.855. The van der Waals surface area contributed by atoms with Crippen molar-refractivity contribution in [3.8, 4) is 11.8 Å². The molecule has 1 aromatic rings. The van der Waals surface area contributed by atoms with Crippen LogP contribution in [0.25, 0.3) is 0 Å². The Hall–Kier alpha value is -2.58. The van der Waals surface area contributed by atoms with Gasteiger partial charge in [-0.1, -0.05) is 5.92 Å². The third kappa shape index (κ3) is 5.70. The highest BCUT2D eigenvalue weighted by Gasteiger charge is 2.41. The molecule has 0 amide bonds. The number of nitrogens with zero attached hydrogens (tertiary/aromatic N) is 3. The summed E-state index contributed by atoms with van der Waals surface area (Å²) in [6, 6.07) is -4.11. The van der Waals surface area contributed by atoms with Crippen molar-refractivity contribution in [1.82, 2.24) is 15.0 Å². The Morgan fingerprint density at radius 2 is 1.41 bits per heavy atom. The maximum absolute atomic E-state index is 12.7. The quantitative estimate of drug-likeness (QED) is 0.454. The van der Waals surface area contributed by atoms with Gasteiger partial charge in [-0.15, -0.1) is 0 Å². The van der Waals surface area contributed by atoms with Crippen molar-refractivity contribution in [2.75, 3.05) is 10.6 Å². The summed E-state index contributed by atoms with van der Waals surface area (Å²) in [5.74, 6) is 3.47. The highest BCUT2D eigenvalue weighted by molar-refractivity contribution is 5.69. The summed E-state index contributed by atoms with van der Waals surface area (Å²) in [4.78, 5) is 21.8. The third-order valence-corrected chi connectivity index (χ3v) is 3.75. The summed E-state index contributed by atoms with van der Waals surface area (Å²) >= 11 is 0. The number of aldehydes is 1. The second-order valence-electron chi connectivity index (χ2n) is 6.15. The Balaban J connectivity index is 2.33. The molecular weight excluding hydrogens is 380 g/mol. The van der Waals surface area contributed by atoms with E-state index in [2.05, 4.69) is 26.8 Å². The van der Waals surface area contributed by atoms with Crippen molar-refractivity contribution < 1.29 is 31.1 Å². The van der Waals surface area contributed by atoms with Gasteiger partial charge >= 0.3 is 12.4 Å². The van der Waals surface area contributed by atoms with Gasteiger partial charge in [0.05, 0.1) is 5.41 Å². The minimum absolute atomic E-state index is 0.355. The molecule has 2 atom stereocenters. The van der Waals surface area contributed by atoms with Crippen LogP contribution >= 0.6 is 0 Å². The van der Waals surface area contributed by atoms with Gasteiger partial charge in [0.15, 0.2) is 0 Å². The average Bonchev–Trinajstić information content (AvgIpc) is 3.31. The van der Waals surface area contributed by atoms with Crippen LogP contribution in [0.1, 0.15) is 32.5 Å². The van der Waals surface area contributed by atoms with Crippen molar-refractivity contribution in [2.45, 2.75) is 51.1 Å². The van der Waals surface area contributed by atoms with Crippen molar-refractivity contribution in [1.29, 1.82) is 0 Å². The molecule has 2 rings (SSSR count). The van der Waals surface area contributed by atoms with E-state index in [9.17, 15) is 31.1 Å². The fraction of sp³-hybridized carbons (Fsp3) is 0.600. The summed E-state index contributed by atoms with van der Waals surface area (Å²) in [6.07, 6.45) is -7.58. The summed E-state index contributed by atoms with van der Waals surface area (Å²) < 4.78 is 76.2. The van der Waals surface area contributed by atoms with Crippen LogP contribution in [0.15, 0.2) is 0 Å². The lowest BCUT2D eigenvalue weighted by Crippen LogP contribution is -2.35. The molecule has 0 unspecified atom stereocenters. The van der Waals surface area contributed by atoms with Gasteiger partial charge in [0.25, 0.3) is 0 Å². The Bertz CT molecular complexity index is 722. The highest BCUT2D eigenvalue weighted by atomic mass is 19.4. The number of nitrogens with one attached hydrogen (secondary N) is 2. The summed E-state index contributed by atoms with van der Waals surface area (Å²) in [6.45, 7) is 1.60. The number of alkyl halides is 6. The van der Waals surface area contributed by atoms with E-state index >= 15 is 0 Å². The van der Waals surface area contributed by atoms with Gasteiger partial charge < -0.3 is 15.4 Å². The molecule has 0 aliphatic heterocycles. The topological polar surface area (TPSA) is 79.8 Å². The van der Waals surface area contributed by atoms with Gasteiger partial charge in [0, 0.05) is 0 Å². The first-order valence-electron chi connectivity index (χ1n) is 7.77. The first-order chi connectivity index (χ1) is 12.3. The second-order valence-corrected chi connectivity index (χ2v) is 6.15. The van der Waals surface area contributed by atoms with E-state index < -0.39 is 41.7 Å². The standard InChI is InChI=1S/C15H15F6N5O/c1-8(14(16,17)18)22-11-24-10(3-4-13(7-27)5-6-13)25-12(26-11)23-9(2)15(19,20)21/h7-9H,5-6H2,1-2H3,(H2,22,23,24,25,26)/t8-,9-/m1/s1. The zero-order valence-corrected chi connectivity index (χ0v) is 14.2. The van der Waals surface area contributed by atoms with Crippen LogP contribution < -0.4 is 10.6 Å². The fourth-order valence-corrected chi connectivity index (χ4v) is 1.70. The van der Waals surface area contributed by atoms with Crippen LogP contribution in [0.3, 0.4) is 0 Å². The van der Waals surface area contributed by atoms with Crippen LogP contribution in [-0.4, -0.2) is 45.7 Å². The van der Waals surface area contributed by atoms with E-state index in [1.54, 1.807) is 0 Å². The van der Waals surface area contributed by atoms with Crippen LogP contribution in [0, 0.1) is 17.3 Å². The SMILES string of the molecule is C[C@@H](Nc1nc(C#CC2(C=O)CC2)nc(N[C@H](C)C(F)(F)F)n1)C(F)(F)F. The van der Waals surface area contributed by atoms with Crippen LogP contribution in [0.5, 0.6) is 0 Å². The number of rotatable bonds is 5. The minimum Gasteiger partial charge on any atom is -0.343 e. The van der Waals surface area contributed by atoms with Crippen LogP contribution in [0.2, 0.25) is 0 Å². The van der Waals surface area contributed by atoms with Crippen LogP contribution in [-0.2, 0) is 4.79 Å². The molecule has 0 bridgehead atoms. The Labute approximate surface area is 150 Å². The average molecular weight is 395 g/mol. The first kappa shape index (κ1) is 20.7. The minimum atomic E-state index is -4.62. The Morgan fingerprint density at radius 1 is 0.963 bits per heavy atom. The van der Waals surface area contributed by atoms with Gasteiger partial charge in [-0.3, -0.25) is 0 Å². The van der Waals surface area contributed by atoms with E-state index in [-0.39, 0.29) is 5.82 Å². The first-order valence-corrected chi connectivity index (χ1v) is 7.77. The number of aromatic nitrogens is 3. The molecule has 6 nitrogen and oxygen atoms in total. The highest BCUT2D eigenvalue weighted by Crippen LogP contribution is 2.42. The molecule has 2 N–H and O–H groups in total. The summed E-state index contributed by atoms with van der Waals surface area (Å²) in [7, 11) is 0. The normalized spacial score (nSPS) is 17.9. The zero-order valence-electron chi connectivity index (χ0n) is 14.2. The molecular formula is C15H15F6N5O. The number of carbonyl (C=O) groups excluding carboxylic acids is 1. The van der Waals surface area contributed by atoms with Crippen molar-refractivity contribution >= 4 is 18.2 Å². The smallest absolute Gasteiger partial charge is 0.343 e. The van der Waals surface area contributed by atoms with Crippen LogP contribution in [0.4, 0.5) is 38.2 Å². The van der Waals surface area contributed by atoms with Gasteiger partial charge in [-0.2, -0.15) is 41.3 Å². The van der Waals surface area contributed by atoms with Gasteiger partial charge in [0.1, 0.15) is 18.4 Å². The Morgan fingerprint density at radius 3 is 1.74 bits per heavy atom. The van der Waals surface area contributed by atoms with Gasteiger partial charge in [0.2, 0.25) is 17.7 Å². The lowest BCUT2D eigenvalue weighted by Gasteiger charge is -2.19. The molecule has 12 heteroatoms. The number of carbonyl (C=O) groups is 1. The molecule has 0 radical (unpaired) electrons. The molecule has 0 saturated heterocycles. The van der Waals surface area contributed by atoms with E-state index in [1.165, 1.54) is 0 Å². The molecule has 1 heterocycles. The molecule has 0 aromatic carbocycles. The van der Waals surface area contributed by atoms with Gasteiger partial charge in [-0.25, -0.2) is 0 Å². The number of anilines is 2. The maximum Gasteiger partial charge on any atom is 0.408 e. The third-order valence-electron chi connectivity index (χ3n) is 3.75. The zero-order chi connectivity index (χ0) is 20.5. The number of hydrogen-bond acceptors (Lipinski definition) is 6. The molecule has 0 spiro atoms. The van der Waals surface area contributed by atoms with Crippen molar-refractivity contribution in [3.63, 3.8) is 0 Å². The van der Waals surface area contributed by atoms with E-state index in [1.807, 2.05) is 10.6 Å². The van der Waals surface area contributed by atoms with E-state index in [0.717, 1.165) is 13.8 Å². The second kappa shape index (κ2) is 7.21. The predicted molar refractivity (Wildman–Crippen MR) is 82.7 cm³/mol.